The summed E-state index contributed by atoms with van der Waals surface area (Å²) in [4.78, 5) is 10.2. The first-order valence-electron chi connectivity index (χ1n) is 4.38. The maximum Gasteiger partial charge on any atom is 0.318 e. The van der Waals surface area contributed by atoms with Gasteiger partial charge in [-0.3, -0.25) is 4.79 Å². The SMILES string of the molecule is CN(CC(=O)O)S(=O)(=O)c1ccc(F)c(Cl)c1. The molecule has 0 aliphatic heterocycles. The number of carboxylic acid groups (broad SMARTS) is 1. The third kappa shape index (κ3) is 3.15. The molecule has 1 aromatic rings. The zero-order chi connectivity index (χ0) is 13.2. The Balaban J connectivity index is 3.13. The number of halogens is 2. The van der Waals surface area contributed by atoms with Crippen molar-refractivity contribution in [2.24, 2.45) is 0 Å². The van der Waals surface area contributed by atoms with Crippen LogP contribution in [-0.2, 0) is 14.8 Å². The van der Waals surface area contributed by atoms with Gasteiger partial charge in [-0.1, -0.05) is 11.6 Å². The first kappa shape index (κ1) is 13.9. The lowest BCUT2D eigenvalue weighted by Gasteiger charge is -2.14. The van der Waals surface area contributed by atoms with Crippen LogP contribution in [0.15, 0.2) is 23.1 Å². The summed E-state index contributed by atoms with van der Waals surface area (Å²) in [5.41, 5.74) is 0. The number of sulfonamides is 1. The topological polar surface area (TPSA) is 74.7 Å². The highest BCUT2D eigenvalue weighted by Gasteiger charge is 2.23. The minimum atomic E-state index is -3.97. The van der Waals surface area contributed by atoms with Gasteiger partial charge in [0.2, 0.25) is 10.0 Å². The van der Waals surface area contributed by atoms with E-state index < -0.39 is 28.4 Å². The molecule has 0 amide bonds. The fourth-order valence-electron chi connectivity index (χ4n) is 1.09. The molecule has 0 radical (unpaired) electrons. The molecule has 0 atom stereocenters. The molecule has 1 N–H and O–H groups in total. The van der Waals surface area contributed by atoms with Gasteiger partial charge in [0, 0.05) is 7.05 Å². The first-order valence-corrected chi connectivity index (χ1v) is 6.20. The molecule has 0 heterocycles. The van der Waals surface area contributed by atoms with Crippen LogP contribution in [0.4, 0.5) is 4.39 Å². The molecule has 0 saturated carbocycles. The zero-order valence-corrected chi connectivity index (χ0v) is 10.3. The van der Waals surface area contributed by atoms with Crippen molar-refractivity contribution in [1.82, 2.24) is 4.31 Å². The van der Waals surface area contributed by atoms with Crippen LogP contribution in [-0.4, -0.2) is 37.4 Å². The van der Waals surface area contributed by atoms with E-state index in [2.05, 4.69) is 0 Å². The van der Waals surface area contributed by atoms with Crippen LogP contribution in [0.25, 0.3) is 0 Å². The number of rotatable bonds is 4. The van der Waals surface area contributed by atoms with E-state index >= 15 is 0 Å². The number of likely N-dealkylation sites (N-methyl/N-ethyl adjacent to an activating group) is 1. The second-order valence-electron chi connectivity index (χ2n) is 3.23. The Hall–Kier alpha value is -1.18. The highest BCUT2D eigenvalue weighted by atomic mass is 35.5. The zero-order valence-electron chi connectivity index (χ0n) is 8.72. The van der Waals surface area contributed by atoms with Crippen LogP contribution < -0.4 is 0 Å². The summed E-state index contributed by atoms with van der Waals surface area (Å²) in [5.74, 6) is -2.03. The van der Waals surface area contributed by atoms with Crippen LogP contribution in [0.1, 0.15) is 0 Å². The number of aliphatic carboxylic acids is 1. The van der Waals surface area contributed by atoms with Gasteiger partial charge < -0.3 is 5.11 Å². The van der Waals surface area contributed by atoms with Crippen molar-refractivity contribution in [1.29, 1.82) is 0 Å². The molecule has 5 nitrogen and oxygen atoms in total. The summed E-state index contributed by atoms with van der Waals surface area (Å²) >= 11 is 5.46. The van der Waals surface area contributed by atoms with Gasteiger partial charge in [-0.25, -0.2) is 12.8 Å². The third-order valence-corrected chi connectivity index (χ3v) is 4.05. The Kier molecular flexibility index (Phi) is 4.07. The fourth-order valence-corrected chi connectivity index (χ4v) is 2.49. The van der Waals surface area contributed by atoms with Gasteiger partial charge in [-0.15, -0.1) is 0 Å². The third-order valence-electron chi connectivity index (χ3n) is 1.96. The van der Waals surface area contributed by atoms with E-state index in [-0.39, 0.29) is 9.92 Å². The second kappa shape index (κ2) is 4.99. The Morgan fingerprint density at radius 1 is 1.53 bits per heavy atom. The Labute approximate surface area is 102 Å². The molecule has 1 aromatic carbocycles. The van der Waals surface area contributed by atoms with E-state index in [0.717, 1.165) is 25.2 Å². The number of benzene rings is 1. The van der Waals surface area contributed by atoms with E-state index in [4.69, 9.17) is 16.7 Å². The van der Waals surface area contributed by atoms with E-state index in [0.29, 0.717) is 4.31 Å². The van der Waals surface area contributed by atoms with Gasteiger partial charge >= 0.3 is 5.97 Å². The average Bonchev–Trinajstić information content (AvgIpc) is 2.20. The molecule has 17 heavy (non-hydrogen) atoms. The number of hydrogen-bond acceptors (Lipinski definition) is 3. The largest absolute Gasteiger partial charge is 0.480 e. The molecular weight excluding hydrogens is 273 g/mol. The molecule has 0 aromatic heterocycles. The smallest absolute Gasteiger partial charge is 0.318 e. The molecule has 0 saturated heterocycles. The van der Waals surface area contributed by atoms with E-state index in [1.165, 1.54) is 0 Å². The molecule has 1 rings (SSSR count). The Bertz CT molecular complexity index is 546. The van der Waals surface area contributed by atoms with Crippen LogP contribution >= 0.6 is 11.6 Å². The highest BCUT2D eigenvalue weighted by molar-refractivity contribution is 7.89. The molecule has 0 unspecified atom stereocenters. The predicted octanol–water partition coefficient (Wildman–Crippen LogP) is 1.18. The molecule has 94 valence electrons. The average molecular weight is 282 g/mol. The van der Waals surface area contributed by atoms with Crippen LogP contribution in [0, 0.1) is 5.82 Å². The van der Waals surface area contributed by atoms with Gasteiger partial charge in [-0.05, 0) is 18.2 Å². The fraction of sp³-hybridized carbons (Fsp3) is 0.222. The summed E-state index contributed by atoms with van der Waals surface area (Å²) in [5, 5.41) is 8.16. The van der Waals surface area contributed by atoms with Gasteiger partial charge in [0.15, 0.2) is 0 Å². The van der Waals surface area contributed by atoms with Crippen molar-refractivity contribution in [2.45, 2.75) is 4.90 Å². The number of carbonyl (C=O) groups is 1. The van der Waals surface area contributed by atoms with Crippen LogP contribution in [0.3, 0.4) is 0 Å². The molecule has 8 heteroatoms. The summed E-state index contributed by atoms with van der Waals surface area (Å²) < 4.78 is 37.1. The van der Waals surface area contributed by atoms with Gasteiger partial charge in [0.05, 0.1) is 9.92 Å². The molecular formula is C9H9ClFNO4S. The normalized spacial score (nSPS) is 11.8. The first-order chi connectivity index (χ1) is 7.75. The Morgan fingerprint density at radius 2 is 2.12 bits per heavy atom. The summed E-state index contributed by atoms with van der Waals surface area (Å²) in [6.45, 7) is -0.683. The van der Waals surface area contributed by atoms with Crippen molar-refractivity contribution in [3.8, 4) is 0 Å². The lowest BCUT2D eigenvalue weighted by molar-refractivity contribution is -0.137. The minimum absolute atomic E-state index is 0.257. The second-order valence-corrected chi connectivity index (χ2v) is 5.68. The van der Waals surface area contributed by atoms with Crippen LogP contribution in [0.5, 0.6) is 0 Å². The lowest BCUT2D eigenvalue weighted by Crippen LogP contribution is -2.32. The maximum absolute atomic E-state index is 12.9. The van der Waals surface area contributed by atoms with Gasteiger partial charge in [0.1, 0.15) is 12.4 Å². The van der Waals surface area contributed by atoms with Crippen molar-refractivity contribution in [3.63, 3.8) is 0 Å². The molecule has 0 bridgehead atoms. The van der Waals surface area contributed by atoms with Crippen molar-refractivity contribution in [3.05, 3.63) is 29.0 Å². The van der Waals surface area contributed by atoms with Crippen LogP contribution in [0.2, 0.25) is 5.02 Å². The molecule has 0 aliphatic carbocycles. The van der Waals surface area contributed by atoms with Crippen molar-refractivity contribution in [2.75, 3.05) is 13.6 Å². The minimum Gasteiger partial charge on any atom is -0.480 e. The van der Waals surface area contributed by atoms with E-state index in [1.54, 1.807) is 0 Å². The van der Waals surface area contributed by atoms with Gasteiger partial charge in [-0.2, -0.15) is 4.31 Å². The van der Waals surface area contributed by atoms with E-state index in [1.807, 2.05) is 0 Å². The molecule has 0 fully saturated rings. The quantitative estimate of drug-likeness (QED) is 0.899. The van der Waals surface area contributed by atoms with Crippen molar-refractivity contribution >= 4 is 27.6 Å². The monoisotopic (exact) mass is 281 g/mol. The number of carboxylic acids is 1. The Morgan fingerprint density at radius 3 is 2.59 bits per heavy atom. The predicted molar refractivity (Wildman–Crippen MR) is 58.9 cm³/mol. The molecule has 0 aliphatic rings. The maximum atomic E-state index is 12.9. The summed E-state index contributed by atoms with van der Waals surface area (Å²) in [7, 11) is -2.86. The summed E-state index contributed by atoms with van der Waals surface area (Å²) in [6.07, 6.45) is 0. The van der Waals surface area contributed by atoms with Gasteiger partial charge in [0.25, 0.3) is 0 Å². The lowest BCUT2D eigenvalue weighted by atomic mass is 10.3. The standard InChI is InChI=1S/C9H9ClFNO4S/c1-12(5-9(13)14)17(15,16)6-2-3-8(11)7(10)4-6/h2-4H,5H2,1H3,(H,13,14). The number of hydrogen-bond donors (Lipinski definition) is 1. The van der Waals surface area contributed by atoms with Crippen molar-refractivity contribution < 1.29 is 22.7 Å². The highest BCUT2D eigenvalue weighted by Crippen LogP contribution is 2.21. The van der Waals surface area contributed by atoms with E-state index in [9.17, 15) is 17.6 Å². The number of nitrogens with zero attached hydrogens (tertiary/aromatic N) is 1. The summed E-state index contributed by atoms with van der Waals surface area (Å²) in [6, 6.07) is 2.86. The molecule has 0 spiro atoms.